The Morgan fingerprint density at radius 3 is 1.47 bits per heavy atom. The lowest BCUT2D eigenvalue weighted by Crippen LogP contribution is -2.41. The van der Waals surface area contributed by atoms with Crippen LogP contribution in [-0.2, 0) is 20.0 Å². The van der Waals surface area contributed by atoms with Gasteiger partial charge in [-0.15, -0.1) is 4.83 Å². The quantitative estimate of drug-likeness (QED) is 0.0320. The largest absolute Gasteiger partial charge is 0.365 e. The molecule has 0 spiro atoms. The molecule has 8 N–H and O–H groups in total. The van der Waals surface area contributed by atoms with Crippen LogP contribution in [0.3, 0.4) is 0 Å². The highest BCUT2D eigenvalue weighted by Crippen LogP contribution is 2.44. The van der Waals surface area contributed by atoms with Gasteiger partial charge in [0.25, 0.3) is 27.7 Å². The Labute approximate surface area is 442 Å². The summed E-state index contributed by atoms with van der Waals surface area (Å²) in [6, 6.07) is 20.4. The zero-order valence-corrected chi connectivity index (χ0v) is 43.1. The van der Waals surface area contributed by atoms with Crippen LogP contribution in [0.2, 0.25) is 0 Å². The maximum atomic E-state index is 15.7. The number of primary amides is 1. The van der Waals surface area contributed by atoms with E-state index in [1.807, 2.05) is 0 Å². The number of halogens is 1. The molecular weight excluding hydrogens is 1030 g/mol. The number of nitrogens with one attached hydrogen (secondary N) is 6. The summed E-state index contributed by atoms with van der Waals surface area (Å²) in [6.45, 7) is 0. The Hall–Kier alpha value is -8.68. The van der Waals surface area contributed by atoms with Crippen LogP contribution in [0.4, 0.5) is 44.6 Å². The fourth-order valence-electron chi connectivity index (χ4n) is 8.80. The van der Waals surface area contributed by atoms with Gasteiger partial charge in [0.2, 0.25) is 10.0 Å². The first kappa shape index (κ1) is 53.2. The van der Waals surface area contributed by atoms with Crippen LogP contribution in [0, 0.1) is 57.6 Å². The fourth-order valence-corrected chi connectivity index (χ4v) is 10.5. The van der Waals surface area contributed by atoms with E-state index >= 15 is 4.39 Å². The molecule has 3 saturated carbocycles. The molecule has 3 heterocycles. The van der Waals surface area contributed by atoms with E-state index in [-0.39, 0.29) is 110 Å². The molecule has 24 nitrogen and oxygen atoms in total. The maximum absolute atomic E-state index is 15.7. The number of nitrogens with zero attached hydrogens (tertiary/aromatic N) is 10. The van der Waals surface area contributed by atoms with Crippen LogP contribution in [0.1, 0.15) is 107 Å². The third kappa shape index (κ3) is 12.1. The van der Waals surface area contributed by atoms with Crippen molar-refractivity contribution in [3.05, 3.63) is 108 Å². The van der Waals surface area contributed by atoms with Crippen LogP contribution in [-0.4, -0.2) is 82.3 Å². The molecule has 3 amide bonds. The van der Waals surface area contributed by atoms with E-state index in [2.05, 4.69) is 65.0 Å². The summed E-state index contributed by atoms with van der Waals surface area (Å²) in [4.78, 5) is 42.0. The zero-order valence-electron chi connectivity index (χ0n) is 41.5. The van der Waals surface area contributed by atoms with Gasteiger partial charge in [0.05, 0.1) is 71.1 Å². The molecule has 3 aliphatic rings. The minimum Gasteiger partial charge on any atom is -0.365 e. The Morgan fingerprint density at radius 2 is 1.05 bits per heavy atom. The number of sulfonamides is 2. The molecule has 3 aromatic heterocycles. The lowest BCUT2D eigenvalue weighted by molar-refractivity contribution is 0.0944. The van der Waals surface area contributed by atoms with Crippen molar-refractivity contribution in [1.29, 1.82) is 15.8 Å². The number of nitriles is 3. The normalized spacial score (nSPS) is 15.5. The minimum absolute atomic E-state index is 0.00171. The van der Waals surface area contributed by atoms with E-state index in [9.17, 15) is 47.0 Å². The molecule has 0 bridgehead atoms. The molecule has 0 saturated heterocycles. The van der Waals surface area contributed by atoms with E-state index in [0.717, 1.165) is 48.9 Å². The number of carbonyl (C=O) groups is 3. The first-order valence-corrected chi connectivity index (χ1v) is 27.3. The number of nitrogens with two attached hydrogens (primary N) is 1. The highest BCUT2D eigenvalue weighted by atomic mass is 32.2. The lowest BCUT2D eigenvalue weighted by atomic mass is 10.1. The molecule has 0 aliphatic heterocycles. The van der Waals surface area contributed by atoms with Gasteiger partial charge in [0.15, 0.2) is 17.5 Å². The number of carbonyl (C=O) groups excluding carboxylic acids is 3. The van der Waals surface area contributed by atoms with Gasteiger partial charge in [0.1, 0.15) is 22.5 Å². The van der Waals surface area contributed by atoms with Gasteiger partial charge in [0, 0.05) is 49.7 Å². The van der Waals surface area contributed by atoms with Crippen LogP contribution in [0.25, 0.3) is 0 Å². The SMILES string of the molecule is CN(C)S(=O)(=O)c1ccc(Nc2nn(C(CC#N)C3CC3)cc2C(=O)NNS(=O)(=O)c2ccc(Nc3nn(C(CC#N)C4CC4)cc3C(=O)Nc3ccc(Nc4nn(C(CC#N)C5CC5)cc4C(N)=O)c(F)c3)cc2)cc1. The second-order valence-corrected chi connectivity index (χ2v) is 23.0. The van der Waals surface area contributed by atoms with Crippen molar-refractivity contribution in [2.45, 2.75) is 85.7 Å². The lowest BCUT2D eigenvalue weighted by Gasteiger charge is -2.13. The van der Waals surface area contributed by atoms with Crippen molar-refractivity contribution in [3.8, 4) is 18.2 Å². The maximum Gasteiger partial charge on any atom is 0.271 e. The number of hydrazine groups is 1. The van der Waals surface area contributed by atoms with Crippen molar-refractivity contribution in [2.24, 2.45) is 23.5 Å². The summed E-state index contributed by atoms with van der Waals surface area (Å²) in [5, 5.41) is 53.8. The summed E-state index contributed by atoms with van der Waals surface area (Å²) in [7, 11) is -5.35. The average molecular weight is 1090 g/mol. The Morgan fingerprint density at radius 1 is 0.636 bits per heavy atom. The third-order valence-corrected chi connectivity index (χ3v) is 16.6. The Kier molecular flexibility index (Phi) is 15.1. The van der Waals surface area contributed by atoms with Gasteiger partial charge in [-0.25, -0.2) is 25.5 Å². The molecule has 3 fully saturated rings. The first-order chi connectivity index (χ1) is 36.9. The molecule has 0 radical (unpaired) electrons. The predicted molar refractivity (Wildman–Crippen MR) is 277 cm³/mol. The monoisotopic (exact) mass is 1090 g/mol. The molecule has 3 aromatic carbocycles. The van der Waals surface area contributed by atoms with E-state index < -0.39 is 43.6 Å². The smallest absolute Gasteiger partial charge is 0.271 e. The van der Waals surface area contributed by atoms with Crippen molar-refractivity contribution in [1.82, 2.24) is 43.9 Å². The van der Waals surface area contributed by atoms with Crippen LogP contribution in [0.5, 0.6) is 0 Å². The second-order valence-electron chi connectivity index (χ2n) is 19.2. The molecule has 3 aliphatic carbocycles. The number of amides is 3. The van der Waals surface area contributed by atoms with E-state index in [1.165, 1.54) is 107 Å². The highest BCUT2D eigenvalue weighted by Gasteiger charge is 2.37. The summed E-state index contributed by atoms with van der Waals surface area (Å²) in [5.41, 5.74) is 8.45. The van der Waals surface area contributed by atoms with Gasteiger partial charge in [-0.05, 0) is 123 Å². The van der Waals surface area contributed by atoms with Gasteiger partial charge in [-0.2, -0.15) is 31.1 Å². The van der Waals surface area contributed by atoms with Crippen LogP contribution >= 0.6 is 0 Å². The zero-order chi connectivity index (χ0) is 54.8. The third-order valence-electron chi connectivity index (χ3n) is 13.5. The van der Waals surface area contributed by atoms with Crippen molar-refractivity contribution < 1.29 is 35.6 Å². The van der Waals surface area contributed by atoms with E-state index in [1.54, 1.807) is 0 Å². The first-order valence-electron chi connectivity index (χ1n) is 24.4. The predicted octanol–water partition coefficient (Wildman–Crippen LogP) is 6.47. The summed E-state index contributed by atoms with van der Waals surface area (Å²) in [5.74, 6) is -2.63. The number of benzene rings is 3. The van der Waals surface area contributed by atoms with Gasteiger partial charge >= 0.3 is 0 Å². The Balaban J connectivity index is 0.896. The number of aromatic nitrogens is 6. The number of rotatable bonds is 24. The number of hydrogen-bond donors (Lipinski definition) is 7. The van der Waals surface area contributed by atoms with Crippen molar-refractivity contribution in [3.63, 3.8) is 0 Å². The standard InChI is InChI=1S/C50H52FN17O7S2/c1-65(2)77(74,75)36-16-11-33(12-17-36)57-48-39(28-68(63-48)44(21-24-54)31-7-8-31)50(71)60-64-76(72,73)35-14-9-32(10-15-35)56-47-38(27-67(62-47)43(20-23-53)30-5-6-30)49(70)58-34-13-18-41(40(51)25-34)59-46-37(45(55)69)26-66(61-46)42(19-22-52)29-3-4-29/h9-18,25-31,42-44,64H,3-8,19-21H2,1-2H3,(H2,55,69)(H,56,62)(H,57,63)(H,58,70)(H,59,61)(H,60,71). The van der Waals surface area contributed by atoms with Gasteiger partial charge in [-0.1, -0.05) is 0 Å². The van der Waals surface area contributed by atoms with E-state index in [4.69, 9.17) is 5.73 Å². The summed E-state index contributed by atoms with van der Waals surface area (Å²) < 4.78 is 73.9. The number of anilines is 7. The summed E-state index contributed by atoms with van der Waals surface area (Å²) >= 11 is 0. The van der Waals surface area contributed by atoms with Crippen molar-refractivity contribution in [2.75, 3.05) is 35.4 Å². The van der Waals surface area contributed by atoms with E-state index in [0.29, 0.717) is 11.4 Å². The molecule has 27 heteroatoms. The van der Waals surface area contributed by atoms with Gasteiger partial charge in [-0.3, -0.25) is 33.9 Å². The van der Waals surface area contributed by atoms with Crippen LogP contribution < -0.4 is 37.3 Å². The Bertz CT molecular complexity index is 3600. The minimum atomic E-state index is -4.43. The molecule has 398 valence electrons. The molecule has 3 unspecified atom stereocenters. The summed E-state index contributed by atoms with van der Waals surface area (Å²) in [6.07, 6.45) is 9.98. The fraction of sp³-hybridized carbons (Fsp3) is 0.340. The van der Waals surface area contributed by atoms with Gasteiger partial charge < -0.3 is 27.0 Å². The topological polar surface area (TPSA) is 346 Å². The molecule has 6 aromatic rings. The molecule has 9 rings (SSSR count). The second kappa shape index (κ2) is 21.9. The average Bonchev–Trinajstić information content (AvgIpc) is 4.36. The molecule has 3 atom stereocenters. The highest BCUT2D eigenvalue weighted by molar-refractivity contribution is 7.89. The van der Waals surface area contributed by atoms with Crippen molar-refractivity contribution >= 4 is 78.0 Å². The van der Waals surface area contributed by atoms with Crippen LogP contribution in [0.15, 0.2) is 95.1 Å². The molecular formula is C50H52FN17O7S2. The number of hydrogen-bond acceptors (Lipinski definition) is 16. The molecule has 77 heavy (non-hydrogen) atoms.